The Bertz CT molecular complexity index is 594. The second-order valence-electron chi connectivity index (χ2n) is 5.20. The predicted octanol–water partition coefficient (Wildman–Crippen LogP) is 3.67. The number of benzene rings is 2. The van der Waals surface area contributed by atoms with Crippen LogP contribution < -0.4 is 4.74 Å². The van der Waals surface area contributed by atoms with Gasteiger partial charge in [-0.1, -0.05) is 47.5 Å². The van der Waals surface area contributed by atoms with Crippen molar-refractivity contribution in [1.82, 2.24) is 0 Å². The van der Waals surface area contributed by atoms with E-state index in [-0.39, 0.29) is 5.78 Å². The number of ketones is 1. The summed E-state index contributed by atoms with van der Waals surface area (Å²) in [6.45, 7) is 4.11. The molecule has 2 aromatic rings. The van der Waals surface area contributed by atoms with Crippen molar-refractivity contribution in [2.45, 2.75) is 26.7 Å². The zero-order valence-electron chi connectivity index (χ0n) is 12.3. The molecule has 0 saturated carbocycles. The summed E-state index contributed by atoms with van der Waals surface area (Å²) in [6.07, 6.45) is 0.886. The molecule has 0 spiro atoms. The van der Waals surface area contributed by atoms with Gasteiger partial charge in [-0.05, 0) is 25.5 Å². The van der Waals surface area contributed by atoms with Crippen molar-refractivity contribution in [3.05, 3.63) is 64.7 Å². The maximum absolute atomic E-state index is 12.2. The quantitative estimate of drug-likeness (QED) is 0.827. The van der Waals surface area contributed by atoms with E-state index in [4.69, 9.17) is 4.74 Å². The lowest BCUT2D eigenvalue weighted by molar-refractivity contribution is -0.117. The fourth-order valence-electron chi connectivity index (χ4n) is 2.52. The molecule has 0 bridgehead atoms. The zero-order valence-corrected chi connectivity index (χ0v) is 12.3. The summed E-state index contributed by atoms with van der Waals surface area (Å²) in [5, 5.41) is 0. The Morgan fingerprint density at radius 3 is 2.30 bits per heavy atom. The van der Waals surface area contributed by atoms with Gasteiger partial charge in [0, 0.05) is 18.4 Å². The Labute approximate surface area is 120 Å². The van der Waals surface area contributed by atoms with Crippen LogP contribution >= 0.6 is 0 Å². The Morgan fingerprint density at radius 1 is 1.00 bits per heavy atom. The van der Waals surface area contributed by atoms with Gasteiger partial charge in [0.25, 0.3) is 0 Å². The number of ether oxygens (including phenoxy) is 1. The summed E-state index contributed by atoms with van der Waals surface area (Å²) in [6, 6.07) is 13.9. The number of hydrogen-bond donors (Lipinski definition) is 0. The fraction of sp³-hybridized carbons (Fsp3) is 0.278. The van der Waals surface area contributed by atoms with E-state index in [0.717, 1.165) is 16.9 Å². The first kappa shape index (κ1) is 14.3. The molecule has 0 fully saturated rings. The Hall–Kier alpha value is -2.09. The van der Waals surface area contributed by atoms with Crippen molar-refractivity contribution in [2.75, 3.05) is 7.11 Å². The molecule has 20 heavy (non-hydrogen) atoms. The smallest absolute Gasteiger partial charge is 0.141 e. The van der Waals surface area contributed by atoms with Crippen LogP contribution in [0.2, 0.25) is 0 Å². The molecule has 0 unspecified atom stereocenters. The lowest BCUT2D eigenvalue weighted by Gasteiger charge is -2.08. The van der Waals surface area contributed by atoms with Crippen LogP contribution in [-0.4, -0.2) is 12.9 Å². The molecule has 0 N–H and O–H groups in total. The van der Waals surface area contributed by atoms with Gasteiger partial charge in [-0.2, -0.15) is 0 Å². The van der Waals surface area contributed by atoms with E-state index in [1.807, 2.05) is 24.3 Å². The summed E-state index contributed by atoms with van der Waals surface area (Å²) in [7, 11) is 1.63. The van der Waals surface area contributed by atoms with Crippen molar-refractivity contribution in [3.63, 3.8) is 0 Å². The topological polar surface area (TPSA) is 26.3 Å². The Balaban J connectivity index is 2.09. The number of Topliss-reactive ketones (excluding diaryl/α,β-unsaturated/α-hetero) is 1. The van der Waals surface area contributed by atoms with Crippen LogP contribution in [0.4, 0.5) is 0 Å². The highest BCUT2D eigenvalue weighted by molar-refractivity contribution is 5.83. The molecule has 104 valence electrons. The SMILES string of the molecule is COc1ccccc1CC(=O)Cc1cc(C)cc(C)c1. The minimum Gasteiger partial charge on any atom is -0.496 e. The minimum absolute atomic E-state index is 0.208. The molecule has 0 heterocycles. The first-order chi connectivity index (χ1) is 9.58. The number of rotatable bonds is 5. The largest absolute Gasteiger partial charge is 0.496 e. The van der Waals surface area contributed by atoms with Gasteiger partial charge in [-0.15, -0.1) is 0 Å². The molecule has 0 amide bonds. The average molecular weight is 268 g/mol. The fourth-order valence-corrected chi connectivity index (χ4v) is 2.52. The lowest BCUT2D eigenvalue weighted by atomic mass is 9.99. The Morgan fingerprint density at radius 2 is 1.65 bits per heavy atom. The van der Waals surface area contributed by atoms with Gasteiger partial charge in [-0.3, -0.25) is 4.79 Å². The first-order valence-electron chi connectivity index (χ1n) is 6.79. The minimum atomic E-state index is 0.208. The van der Waals surface area contributed by atoms with Gasteiger partial charge in [0.2, 0.25) is 0 Å². The molecule has 0 radical (unpaired) electrons. The van der Waals surface area contributed by atoms with Crippen LogP contribution in [0.15, 0.2) is 42.5 Å². The molecule has 0 aliphatic heterocycles. The van der Waals surface area contributed by atoms with Crippen LogP contribution in [0.1, 0.15) is 22.3 Å². The number of carbonyl (C=O) groups excluding carboxylic acids is 1. The van der Waals surface area contributed by atoms with Crippen LogP contribution in [0, 0.1) is 13.8 Å². The van der Waals surface area contributed by atoms with Gasteiger partial charge in [-0.25, -0.2) is 0 Å². The number of aryl methyl sites for hydroxylation is 2. The standard InChI is InChI=1S/C18H20O2/c1-13-8-14(2)10-15(9-13)11-17(19)12-16-6-4-5-7-18(16)20-3/h4-10H,11-12H2,1-3H3. The molecule has 2 nitrogen and oxygen atoms in total. The second-order valence-corrected chi connectivity index (χ2v) is 5.20. The van der Waals surface area contributed by atoms with E-state index in [0.29, 0.717) is 12.8 Å². The number of hydrogen-bond acceptors (Lipinski definition) is 2. The van der Waals surface area contributed by atoms with Gasteiger partial charge in [0.05, 0.1) is 7.11 Å². The van der Waals surface area contributed by atoms with Gasteiger partial charge in [0.1, 0.15) is 11.5 Å². The van der Waals surface area contributed by atoms with E-state index in [1.54, 1.807) is 7.11 Å². The highest BCUT2D eigenvalue weighted by Crippen LogP contribution is 2.19. The lowest BCUT2D eigenvalue weighted by Crippen LogP contribution is -2.08. The summed E-state index contributed by atoms with van der Waals surface area (Å²) in [4.78, 5) is 12.2. The molecule has 0 aliphatic rings. The predicted molar refractivity (Wildman–Crippen MR) is 81.3 cm³/mol. The summed E-state index contributed by atoms with van der Waals surface area (Å²) in [5.41, 5.74) is 4.43. The number of methoxy groups -OCH3 is 1. The maximum atomic E-state index is 12.2. The van der Waals surface area contributed by atoms with Crippen molar-refractivity contribution in [2.24, 2.45) is 0 Å². The van der Waals surface area contributed by atoms with Crippen LogP contribution in [0.5, 0.6) is 5.75 Å². The van der Waals surface area contributed by atoms with E-state index in [1.165, 1.54) is 11.1 Å². The molecule has 0 aromatic heterocycles. The maximum Gasteiger partial charge on any atom is 0.141 e. The van der Waals surface area contributed by atoms with Crippen LogP contribution in [-0.2, 0) is 17.6 Å². The van der Waals surface area contributed by atoms with Crippen molar-refractivity contribution >= 4 is 5.78 Å². The Kier molecular flexibility index (Phi) is 4.57. The van der Waals surface area contributed by atoms with Gasteiger partial charge < -0.3 is 4.74 Å². The second kappa shape index (κ2) is 6.38. The van der Waals surface area contributed by atoms with Crippen molar-refractivity contribution < 1.29 is 9.53 Å². The van der Waals surface area contributed by atoms with Crippen LogP contribution in [0.25, 0.3) is 0 Å². The van der Waals surface area contributed by atoms with E-state index >= 15 is 0 Å². The number of para-hydroxylation sites is 1. The third kappa shape index (κ3) is 3.70. The number of carbonyl (C=O) groups is 1. The first-order valence-corrected chi connectivity index (χ1v) is 6.79. The summed E-state index contributed by atoms with van der Waals surface area (Å²) in [5.74, 6) is 0.987. The average Bonchev–Trinajstić information content (AvgIpc) is 2.37. The normalized spacial score (nSPS) is 10.3. The van der Waals surface area contributed by atoms with Gasteiger partial charge >= 0.3 is 0 Å². The summed E-state index contributed by atoms with van der Waals surface area (Å²) < 4.78 is 5.28. The molecule has 2 rings (SSSR count). The third-order valence-electron chi connectivity index (χ3n) is 3.26. The third-order valence-corrected chi connectivity index (χ3v) is 3.26. The van der Waals surface area contributed by atoms with Crippen molar-refractivity contribution in [1.29, 1.82) is 0 Å². The molecular formula is C18H20O2. The van der Waals surface area contributed by atoms with Gasteiger partial charge in [0.15, 0.2) is 0 Å². The molecule has 0 atom stereocenters. The highest BCUT2D eigenvalue weighted by atomic mass is 16.5. The molecule has 2 heteroatoms. The van der Waals surface area contributed by atoms with Crippen molar-refractivity contribution in [3.8, 4) is 5.75 Å². The molecule has 0 aliphatic carbocycles. The van der Waals surface area contributed by atoms with E-state index < -0.39 is 0 Å². The monoisotopic (exact) mass is 268 g/mol. The molecular weight excluding hydrogens is 248 g/mol. The van der Waals surface area contributed by atoms with E-state index in [9.17, 15) is 4.79 Å². The zero-order chi connectivity index (χ0) is 14.5. The van der Waals surface area contributed by atoms with Crippen LogP contribution in [0.3, 0.4) is 0 Å². The summed E-state index contributed by atoms with van der Waals surface area (Å²) >= 11 is 0. The van der Waals surface area contributed by atoms with E-state index in [2.05, 4.69) is 32.0 Å². The molecule has 0 saturated heterocycles. The molecule has 2 aromatic carbocycles. The highest BCUT2D eigenvalue weighted by Gasteiger charge is 2.09.